The van der Waals surface area contributed by atoms with Crippen LogP contribution in [0.4, 0.5) is 5.69 Å². The van der Waals surface area contributed by atoms with Crippen LogP contribution in [0.2, 0.25) is 0 Å². The second-order valence-electron chi connectivity index (χ2n) is 4.80. The van der Waals surface area contributed by atoms with Crippen LogP contribution in [0.3, 0.4) is 0 Å². The molecule has 3 aromatic rings. The molecule has 0 bridgehead atoms. The van der Waals surface area contributed by atoms with Gasteiger partial charge in [0.25, 0.3) is 0 Å². The summed E-state index contributed by atoms with van der Waals surface area (Å²) >= 11 is 1.70. The van der Waals surface area contributed by atoms with E-state index in [0.29, 0.717) is 0 Å². The maximum Gasteiger partial charge on any atom is 0.138 e. The molecule has 4 heteroatoms. The monoisotopic (exact) mass is 283 g/mol. The third-order valence-electron chi connectivity index (χ3n) is 3.48. The molecule has 102 valence electrons. The summed E-state index contributed by atoms with van der Waals surface area (Å²) in [6, 6.07) is 12.9. The number of pyridine rings is 1. The highest BCUT2D eigenvalue weighted by atomic mass is 32.2. The highest BCUT2D eigenvalue weighted by molar-refractivity contribution is 7.99. The van der Waals surface area contributed by atoms with Crippen LogP contribution in [0.5, 0.6) is 0 Å². The molecule has 0 unspecified atom stereocenters. The first-order chi connectivity index (χ1) is 9.69. The van der Waals surface area contributed by atoms with Crippen molar-refractivity contribution in [2.24, 2.45) is 0 Å². The number of nitrogens with one attached hydrogen (secondary N) is 1. The lowest BCUT2D eigenvalue weighted by molar-refractivity contribution is 1.25. The molecule has 0 aliphatic heterocycles. The lowest BCUT2D eigenvalue weighted by Crippen LogP contribution is -2.04. The van der Waals surface area contributed by atoms with E-state index in [9.17, 15) is 0 Å². The highest BCUT2D eigenvalue weighted by Crippen LogP contribution is 2.30. The van der Waals surface area contributed by atoms with E-state index in [-0.39, 0.29) is 0 Å². The number of benzene rings is 1. The fourth-order valence-corrected chi connectivity index (χ4v) is 2.70. The van der Waals surface area contributed by atoms with Crippen LogP contribution in [0.25, 0.3) is 22.2 Å². The summed E-state index contributed by atoms with van der Waals surface area (Å²) in [5.41, 5.74) is 5.73. The van der Waals surface area contributed by atoms with E-state index in [0.717, 1.165) is 11.3 Å². The lowest BCUT2D eigenvalue weighted by Gasteiger charge is -2.15. The smallest absolute Gasteiger partial charge is 0.138 e. The molecule has 3 nitrogen and oxygen atoms in total. The van der Waals surface area contributed by atoms with Crippen LogP contribution in [0.15, 0.2) is 42.6 Å². The minimum absolute atomic E-state index is 0.949. The highest BCUT2D eigenvalue weighted by Gasteiger charge is 2.07. The van der Waals surface area contributed by atoms with Gasteiger partial charge in [-0.1, -0.05) is 24.1 Å². The molecular weight excluding hydrogens is 266 g/mol. The average Bonchev–Trinajstić information content (AvgIpc) is 2.86. The third kappa shape index (κ3) is 2.27. The first-order valence-corrected chi connectivity index (χ1v) is 7.70. The molecule has 0 radical (unpaired) electrons. The van der Waals surface area contributed by atoms with Crippen LogP contribution in [0.1, 0.15) is 5.69 Å². The van der Waals surface area contributed by atoms with Crippen LogP contribution in [-0.4, -0.2) is 23.3 Å². The molecule has 1 N–H and O–H groups in total. The van der Waals surface area contributed by atoms with Gasteiger partial charge in [-0.05, 0) is 42.3 Å². The summed E-state index contributed by atoms with van der Waals surface area (Å²) in [5.74, 6) is 0. The summed E-state index contributed by atoms with van der Waals surface area (Å²) in [7, 11) is 2.07. The number of anilines is 1. The Balaban J connectivity index is 2.07. The zero-order valence-corrected chi connectivity index (χ0v) is 12.7. The Morgan fingerprint density at radius 1 is 1.15 bits per heavy atom. The Bertz CT molecular complexity index is 731. The molecule has 0 saturated carbocycles. The maximum absolute atomic E-state index is 4.38. The molecule has 0 spiro atoms. The molecule has 0 fully saturated rings. The maximum atomic E-state index is 4.38. The molecule has 20 heavy (non-hydrogen) atoms. The minimum Gasteiger partial charge on any atom is -0.344 e. The third-order valence-corrected chi connectivity index (χ3v) is 4.24. The number of aromatic nitrogens is 2. The Hall–Kier alpha value is -1.94. The molecular formula is C16H17N3S. The average molecular weight is 283 g/mol. The fourth-order valence-electron chi connectivity index (χ4n) is 2.37. The molecule has 2 heterocycles. The van der Waals surface area contributed by atoms with Gasteiger partial charge in [-0.25, -0.2) is 4.98 Å². The Labute approximate surface area is 123 Å². The number of rotatable bonds is 3. The van der Waals surface area contributed by atoms with Crippen molar-refractivity contribution in [2.75, 3.05) is 17.6 Å². The van der Waals surface area contributed by atoms with Gasteiger partial charge in [0.05, 0.1) is 0 Å². The van der Waals surface area contributed by atoms with Gasteiger partial charge in [0.15, 0.2) is 0 Å². The predicted octanol–water partition coefficient (Wildman–Crippen LogP) is 4.25. The summed E-state index contributed by atoms with van der Waals surface area (Å²) in [6.45, 7) is 2.06. The number of hydrogen-bond acceptors (Lipinski definition) is 3. The van der Waals surface area contributed by atoms with Crippen LogP contribution >= 0.6 is 11.9 Å². The van der Waals surface area contributed by atoms with Gasteiger partial charge >= 0.3 is 0 Å². The largest absolute Gasteiger partial charge is 0.344 e. The van der Waals surface area contributed by atoms with Crippen molar-refractivity contribution in [1.29, 1.82) is 0 Å². The molecule has 0 saturated heterocycles. The van der Waals surface area contributed by atoms with E-state index in [1.165, 1.54) is 22.2 Å². The van der Waals surface area contributed by atoms with Crippen molar-refractivity contribution in [2.45, 2.75) is 6.92 Å². The summed E-state index contributed by atoms with van der Waals surface area (Å²) in [6.07, 6.45) is 3.93. The number of fused-ring (bicyclic) bond motifs is 1. The predicted molar refractivity (Wildman–Crippen MR) is 88.2 cm³/mol. The van der Waals surface area contributed by atoms with Crippen molar-refractivity contribution in [3.63, 3.8) is 0 Å². The number of H-pyrrole nitrogens is 1. The van der Waals surface area contributed by atoms with Crippen LogP contribution in [0, 0.1) is 6.92 Å². The standard InChI is InChI=1S/C16H17N3S/c1-11-10-15-14(8-9-17-16(15)18-11)12-4-6-13(7-5-12)19(2)20-3/h4-10H,1-3H3,(H,17,18). The van der Waals surface area contributed by atoms with Crippen molar-refractivity contribution < 1.29 is 0 Å². The van der Waals surface area contributed by atoms with Gasteiger partial charge in [0, 0.05) is 36.3 Å². The SMILES string of the molecule is CSN(C)c1ccc(-c2ccnc3[nH]c(C)cc23)cc1. The number of aromatic amines is 1. The van der Waals surface area contributed by atoms with Crippen molar-refractivity contribution in [3.05, 3.63) is 48.3 Å². The second-order valence-corrected chi connectivity index (χ2v) is 5.71. The number of hydrogen-bond donors (Lipinski definition) is 1. The van der Waals surface area contributed by atoms with Crippen molar-refractivity contribution in [1.82, 2.24) is 9.97 Å². The molecule has 0 amide bonds. The van der Waals surface area contributed by atoms with Gasteiger partial charge in [-0.15, -0.1) is 0 Å². The van der Waals surface area contributed by atoms with Gasteiger partial charge in [-0.3, -0.25) is 0 Å². The van der Waals surface area contributed by atoms with E-state index in [1.807, 2.05) is 6.20 Å². The molecule has 3 rings (SSSR count). The Morgan fingerprint density at radius 3 is 2.60 bits per heavy atom. The van der Waals surface area contributed by atoms with Crippen molar-refractivity contribution >= 4 is 28.7 Å². The molecule has 1 aromatic carbocycles. The zero-order chi connectivity index (χ0) is 14.1. The lowest BCUT2D eigenvalue weighted by atomic mass is 10.0. The van der Waals surface area contributed by atoms with Gasteiger partial charge in [-0.2, -0.15) is 0 Å². The van der Waals surface area contributed by atoms with Crippen LogP contribution < -0.4 is 4.31 Å². The van der Waals surface area contributed by atoms with E-state index in [2.05, 4.69) is 70.9 Å². The molecule has 0 aliphatic carbocycles. The zero-order valence-electron chi connectivity index (χ0n) is 11.8. The van der Waals surface area contributed by atoms with E-state index < -0.39 is 0 Å². The normalized spacial score (nSPS) is 10.9. The van der Waals surface area contributed by atoms with E-state index >= 15 is 0 Å². The molecule has 2 aromatic heterocycles. The number of nitrogens with zero attached hydrogens (tertiary/aromatic N) is 2. The fraction of sp³-hybridized carbons (Fsp3) is 0.188. The Morgan fingerprint density at radius 2 is 1.90 bits per heavy atom. The summed E-state index contributed by atoms with van der Waals surface area (Å²) in [5, 5.41) is 1.18. The van der Waals surface area contributed by atoms with Gasteiger partial charge in [0.2, 0.25) is 0 Å². The van der Waals surface area contributed by atoms with E-state index in [1.54, 1.807) is 11.9 Å². The topological polar surface area (TPSA) is 31.9 Å². The first kappa shape index (κ1) is 13.1. The number of aryl methyl sites for hydroxylation is 1. The minimum atomic E-state index is 0.949. The Kier molecular flexibility index (Phi) is 3.40. The first-order valence-electron chi connectivity index (χ1n) is 6.51. The van der Waals surface area contributed by atoms with Crippen LogP contribution in [-0.2, 0) is 0 Å². The molecule has 0 aliphatic rings. The van der Waals surface area contributed by atoms with E-state index in [4.69, 9.17) is 0 Å². The van der Waals surface area contributed by atoms with Crippen molar-refractivity contribution in [3.8, 4) is 11.1 Å². The summed E-state index contributed by atoms with van der Waals surface area (Å²) < 4.78 is 2.15. The van der Waals surface area contributed by atoms with Gasteiger partial charge < -0.3 is 9.29 Å². The molecule has 0 atom stereocenters. The second kappa shape index (κ2) is 5.21. The summed E-state index contributed by atoms with van der Waals surface area (Å²) in [4.78, 5) is 7.66. The van der Waals surface area contributed by atoms with Gasteiger partial charge in [0.1, 0.15) is 5.65 Å². The quantitative estimate of drug-likeness (QED) is 0.729.